The normalized spacial score (nSPS) is 15.2. The zero-order valence-electron chi connectivity index (χ0n) is 9.50. The van der Waals surface area contributed by atoms with E-state index in [9.17, 15) is 0 Å². The molecule has 98 valence electrons. The van der Waals surface area contributed by atoms with Gasteiger partial charge in [0.15, 0.2) is 0 Å². The van der Waals surface area contributed by atoms with E-state index in [4.69, 9.17) is 28.8 Å². The Balaban J connectivity index is 4.13. The highest BCUT2D eigenvalue weighted by molar-refractivity contribution is 6.63. The van der Waals surface area contributed by atoms with Crippen LogP contribution in [0.3, 0.4) is 0 Å². The molecule has 0 heterocycles. The lowest BCUT2D eigenvalue weighted by Crippen LogP contribution is -2.46. The molecular weight excluding hydrogens is 248 g/mol. The second kappa shape index (κ2) is 6.81. The monoisotopic (exact) mass is 270 g/mol. The molecule has 0 aromatic rings. The minimum absolute atomic E-state index is 0.284. The van der Waals surface area contributed by atoms with Gasteiger partial charge >= 0.3 is 17.6 Å². The van der Waals surface area contributed by atoms with Gasteiger partial charge < -0.3 is 28.8 Å². The molecule has 0 rings (SSSR count). The smallest absolute Gasteiger partial charge is 0.390 e. The maximum atomic E-state index is 9.14. The standard InChI is InChI=1S/C8H22O6Si2/c1-2-3-4-5-6-8(16(12,13)14)7-15(9,10)11/h8-14H,2-7H2,1H3. The molecule has 0 amide bonds. The quantitative estimate of drug-likeness (QED) is 0.253. The summed E-state index contributed by atoms with van der Waals surface area (Å²) in [5.74, 6) is 0. The molecule has 0 radical (unpaired) electrons. The molecule has 6 N–H and O–H groups in total. The Morgan fingerprint density at radius 2 is 1.44 bits per heavy atom. The molecule has 0 aromatic heterocycles. The Bertz CT molecular complexity index is 188. The van der Waals surface area contributed by atoms with Crippen molar-refractivity contribution < 1.29 is 28.8 Å². The van der Waals surface area contributed by atoms with Crippen LogP contribution in [0.15, 0.2) is 0 Å². The summed E-state index contributed by atoms with van der Waals surface area (Å²) >= 11 is 0. The van der Waals surface area contributed by atoms with Crippen molar-refractivity contribution in [3.8, 4) is 0 Å². The molecule has 0 aliphatic rings. The van der Waals surface area contributed by atoms with E-state index >= 15 is 0 Å². The fourth-order valence-corrected chi connectivity index (χ4v) is 4.95. The molecule has 1 unspecified atom stereocenters. The van der Waals surface area contributed by atoms with E-state index in [1.54, 1.807) is 0 Å². The largest absolute Gasteiger partial charge is 0.495 e. The molecule has 6 nitrogen and oxygen atoms in total. The third kappa shape index (κ3) is 8.36. The number of hydrogen-bond acceptors (Lipinski definition) is 6. The van der Waals surface area contributed by atoms with E-state index in [0.29, 0.717) is 6.42 Å². The van der Waals surface area contributed by atoms with Crippen LogP contribution in [-0.4, -0.2) is 46.4 Å². The third-order valence-electron chi connectivity index (χ3n) is 2.47. The Kier molecular flexibility index (Phi) is 6.90. The van der Waals surface area contributed by atoms with Crippen LogP contribution < -0.4 is 0 Å². The maximum absolute atomic E-state index is 9.14. The summed E-state index contributed by atoms with van der Waals surface area (Å²) < 4.78 is 0. The van der Waals surface area contributed by atoms with E-state index in [-0.39, 0.29) is 6.42 Å². The van der Waals surface area contributed by atoms with Gasteiger partial charge in [0.1, 0.15) is 0 Å². The van der Waals surface area contributed by atoms with Gasteiger partial charge in [-0.3, -0.25) is 0 Å². The molecular formula is C8H22O6Si2. The van der Waals surface area contributed by atoms with Crippen LogP contribution in [0.2, 0.25) is 11.6 Å². The summed E-state index contributed by atoms with van der Waals surface area (Å²) in [4.78, 5) is 54.1. The first-order chi connectivity index (χ1) is 7.17. The number of hydrogen-bond donors (Lipinski definition) is 6. The summed E-state index contributed by atoms with van der Waals surface area (Å²) in [7, 11) is -8.75. The highest BCUT2D eigenvalue weighted by Gasteiger charge is 2.45. The minimum atomic E-state index is -4.40. The average molecular weight is 270 g/mol. The number of unbranched alkanes of at least 4 members (excludes halogenated alkanes) is 3. The molecule has 0 aliphatic carbocycles. The topological polar surface area (TPSA) is 121 Å². The van der Waals surface area contributed by atoms with Crippen LogP contribution in [0.25, 0.3) is 0 Å². The Morgan fingerprint density at radius 1 is 0.875 bits per heavy atom. The van der Waals surface area contributed by atoms with Crippen LogP contribution in [0.5, 0.6) is 0 Å². The summed E-state index contributed by atoms with van der Waals surface area (Å²) in [6, 6.07) is -0.519. The summed E-state index contributed by atoms with van der Waals surface area (Å²) in [6.45, 7) is 2.04. The third-order valence-corrected chi connectivity index (χ3v) is 5.51. The fraction of sp³-hybridized carbons (Fsp3) is 1.00. The molecule has 0 fully saturated rings. The van der Waals surface area contributed by atoms with Gasteiger partial charge in [-0.15, -0.1) is 0 Å². The number of rotatable bonds is 8. The first-order valence-electron chi connectivity index (χ1n) is 5.51. The maximum Gasteiger partial charge on any atom is 0.495 e. The molecule has 0 spiro atoms. The van der Waals surface area contributed by atoms with Crippen molar-refractivity contribution in [3.05, 3.63) is 0 Å². The van der Waals surface area contributed by atoms with Crippen molar-refractivity contribution in [1.82, 2.24) is 0 Å². The predicted octanol–water partition coefficient (Wildman–Crippen LogP) is -0.841. The van der Waals surface area contributed by atoms with Crippen LogP contribution in [0.1, 0.15) is 39.0 Å². The molecule has 16 heavy (non-hydrogen) atoms. The van der Waals surface area contributed by atoms with Crippen molar-refractivity contribution in [2.24, 2.45) is 0 Å². The highest BCUT2D eigenvalue weighted by Crippen LogP contribution is 2.29. The lowest BCUT2D eigenvalue weighted by Gasteiger charge is -2.24. The van der Waals surface area contributed by atoms with E-state index in [1.165, 1.54) is 0 Å². The van der Waals surface area contributed by atoms with Gasteiger partial charge in [-0.1, -0.05) is 32.6 Å². The summed E-state index contributed by atoms with van der Waals surface area (Å²) in [6.07, 6.45) is 3.87. The molecule has 0 saturated heterocycles. The van der Waals surface area contributed by atoms with E-state index < -0.39 is 29.2 Å². The van der Waals surface area contributed by atoms with E-state index in [2.05, 4.69) is 0 Å². The predicted molar refractivity (Wildman–Crippen MR) is 62.1 cm³/mol. The van der Waals surface area contributed by atoms with E-state index in [1.807, 2.05) is 6.92 Å². The SMILES string of the molecule is CCCCCCC(C[Si](O)(O)O)[Si](O)(O)O. The zero-order chi connectivity index (χ0) is 12.8. The fourth-order valence-electron chi connectivity index (χ4n) is 1.58. The Labute approximate surface area is 97.6 Å². The van der Waals surface area contributed by atoms with Crippen LogP contribution >= 0.6 is 0 Å². The van der Waals surface area contributed by atoms with Gasteiger partial charge in [-0.2, -0.15) is 0 Å². The summed E-state index contributed by atoms with van der Waals surface area (Å²) in [5, 5.41) is 0. The molecule has 0 aliphatic heterocycles. The Morgan fingerprint density at radius 3 is 1.81 bits per heavy atom. The van der Waals surface area contributed by atoms with Gasteiger partial charge in [-0.05, 0) is 6.42 Å². The van der Waals surface area contributed by atoms with Crippen molar-refractivity contribution >= 4 is 17.6 Å². The van der Waals surface area contributed by atoms with Gasteiger partial charge in [-0.25, -0.2) is 0 Å². The lowest BCUT2D eigenvalue weighted by molar-refractivity contribution is 0.188. The minimum Gasteiger partial charge on any atom is -0.390 e. The van der Waals surface area contributed by atoms with Gasteiger partial charge in [0.25, 0.3) is 0 Å². The average Bonchev–Trinajstić information content (AvgIpc) is 2.06. The van der Waals surface area contributed by atoms with Gasteiger partial charge in [0.05, 0.1) is 0 Å². The van der Waals surface area contributed by atoms with Gasteiger partial charge in [0, 0.05) is 11.6 Å². The first-order valence-corrected chi connectivity index (χ1v) is 9.48. The summed E-state index contributed by atoms with van der Waals surface area (Å²) in [5.41, 5.74) is -1.00. The van der Waals surface area contributed by atoms with Crippen molar-refractivity contribution in [1.29, 1.82) is 0 Å². The van der Waals surface area contributed by atoms with Gasteiger partial charge in [0.2, 0.25) is 0 Å². The molecule has 0 saturated carbocycles. The van der Waals surface area contributed by atoms with Crippen molar-refractivity contribution in [2.45, 2.75) is 50.6 Å². The molecule has 0 bridgehead atoms. The second-order valence-electron chi connectivity index (χ2n) is 4.21. The second-order valence-corrected chi connectivity index (χ2v) is 8.36. The Hall–Kier alpha value is 0.194. The van der Waals surface area contributed by atoms with Crippen LogP contribution in [-0.2, 0) is 0 Å². The first kappa shape index (κ1) is 16.2. The van der Waals surface area contributed by atoms with Crippen LogP contribution in [0, 0.1) is 0 Å². The van der Waals surface area contributed by atoms with E-state index in [0.717, 1.165) is 19.3 Å². The van der Waals surface area contributed by atoms with Crippen molar-refractivity contribution in [3.63, 3.8) is 0 Å². The molecule has 0 aromatic carbocycles. The van der Waals surface area contributed by atoms with Crippen molar-refractivity contribution in [2.75, 3.05) is 0 Å². The highest BCUT2D eigenvalue weighted by atomic mass is 28.4. The zero-order valence-corrected chi connectivity index (χ0v) is 11.5. The molecule has 1 atom stereocenters. The molecule has 8 heteroatoms. The lowest BCUT2D eigenvalue weighted by atomic mass is 10.1. The van der Waals surface area contributed by atoms with Crippen LogP contribution in [0.4, 0.5) is 0 Å².